The summed E-state index contributed by atoms with van der Waals surface area (Å²) >= 11 is 0. The van der Waals surface area contributed by atoms with E-state index in [2.05, 4.69) is 5.10 Å². The van der Waals surface area contributed by atoms with E-state index in [1.54, 1.807) is 0 Å². The van der Waals surface area contributed by atoms with E-state index in [0.29, 0.717) is 0 Å². The molecule has 0 radical (unpaired) electrons. The normalized spacial score (nSPS) is 11.2. The first-order valence-corrected chi connectivity index (χ1v) is 7.62. The molecule has 0 unspecified atom stereocenters. The molecule has 27 heavy (non-hydrogen) atoms. The third kappa shape index (κ3) is 3.05. The molecule has 0 atom stereocenters. The second-order valence-electron chi connectivity index (χ2n) is 5.66. The molecule has 2 N–H and O–H groups in total. The van der Waals surface area contributed by atoms with E-state index in [4.69, 9.17) is 5.73 Å². The van der Waals surface area contributed by atoms with Crippen LogP contribution in [0.25, 0.3) is 22.4 Å². The van der Waals surface area contributed by atoms with E-state index in [-0.39, 0.29) is 16.8 Å². The molecule has 0 aliphatic rings. The summed E-state index contributed by atoms with van der Waals surface area (Å²) in [4.78, 5) is 11.8. The molecule has 1 heterocycles. The zero-order valence-corrected chi connectivity index (χ0v) is 13.8. The van der Waals surface area contributed by atoms with Crippen LogP contribution in [-0.4, -0.2) is 15.7 Å². The third-order valence-corrected chi connectivity index (χ3v) is 4.02. The molecule has 9 heteroatoms. The van der Waals surface area contributed by atoms with Crippen molar-refractivity contribution in [2.45, 2.75) is 6.43 Å². The molecule has 0 saturated carbocycles. The molecule has 0 aliphatic heterocycles. The van der Waals surface area contributed by atoms with Crippen molar-refractivity contribution in [2.75, 3.05) is 0 Å². The summed E-state index contributed by atoms with van der Waals surface area (Å²) in [7, 11) is 1.21. The molecule has 4 nitrogen and oxygen atoms in total. The molecule has 3 rings (SSSR count). The molecule has 1 aromatic heterocycles. The summed E-state index contributed by atoms with van der Waals surface area (Å²) in [5.74, 6) is -4.61. The highest BCUT2D eigenvalue weighted by atomic mass is 19.3. The summed E-state index contributed by atoms with van der Waals surface area (Å²) in [6, 6.07) is 6.81. The minimum atomic E-state index is -3.14. The van der Waals surface area contributed by atoms with Gasteiger partial charge in [-0.25, -0.2) is 22.0 Å². The Kier molecular flexibility index (Phi) is 4.69. The number of aryl methyl sites for hydroxylation is 1. The summed E-state index contributed by atoms with van der Waals surface area (Å²) < 4.78 is 70.0. The Hall–Kier alpha value is -3.23. The van der Waals surface area contributed by atoms with Crippen LogP contribution in [-0.2, 0) is 7.05 Å². The Labute approximate surface area is 150 Å². The van der Waals surface area contributed by atoms with Crippen molar-refractivity contribution in [1.82, 2.24) is 9.78 Å². The van der Waals surface area contributed by atoms with Gasteiger partial charge >= 0.3 is 0 Å². The second kappa shape index (κ2) is 6.82. The van der Waals surface area contributed by atoms with Gasteiger partial charge in [0.25, 0.3) is 12.3 Å². The number of benzene rings is 2. The predicted octanol–water partition coefficient (Wildman–Crippen LogP) is 4.21. The van der Waals surface area contributed by atoms with E-state index in [0.717, 1.165) is 16.8 Å². The van der Waals surface area contributed by atoms with Crippen LogP contribution in [0.5, 0.6) is 0 Å². The first-order chi connectivity index (χ1) is 12.7. The first kappa shape index (κ1) is 18.6. The number of hydrogen-bond donors (Lipinski definition) is 1. The van der Waals surface area contributed by atoms with Crippen LogP contribution in [0.3, 0.4) is 0 Å². The van der Waals surface area contributed by atoms with Gasteiger partial charge < -0.3 is 5.73 Å². The molecular formula is C18H12F5N3O. The zero-order chi connectivity index (χ0) is 19.9. The number of carbonyl (C=O) groups is 1. The van der Waals surface area contributed by atoms with Crippen molar-refractivity contribution in [3.05, 3.63) is 65.1 Å². The van der Waals surface area contributed by atoms with E-state index in [1.807, 2.05) is 0 Å². The highest BCUT2D eigenvalue weighted by molar-refractivity contribution is 6.02. The Morgan fingerprint density at radius 3 is 2.22 bits per heavy atom. The lowest BCUT2D eigenvalue weighted by molar-refractivity contribution is 0.0985. The van der Waals surface area contributed by atoms with Crippen molar-refractivity contribution in [3.8, 4) is 22.4 Å². The lowest BCUT2D eigenvalue weighted by Crippen LogP contribution is -2.15. The maximum Gasteiger partial charge on any atom is 0.282 e. The molecule has 0 saturated heterocycles. The number of amides is 1. The van der Waals surface area contributed by atoms with Gasteiger partial charge in [0.05, 0.1) is 11.3 Å². The van der Waals surface area contributed by atoms with Gasteiger partial charge in [0, 0.05) is 18.2 Å². The number of alkyl halides is 2. The van der Waals surface area contributed by atoms with E-state index < -0.39 is 46.6 Å². The minimum Gasteiger partial charge on any atom is -0.365 e. The van der Waals surface area contributed by atoms with Crippen LogP contribution in [0.2, 0.25) is 0 Å². The van der Waals surface area contributed by atoms with Crippen LogP contribution < -0.4 is 5.73 Å². The van der Waals surface area contributed by atoms with Gasteiger partial charge in [-0.05, 0) is 17.7 Å². The topological polar surface area (TPSA) is 60.9 Å². The van der Waals surface area contributed by atoms with Crippen molar-refractivity contribution in [3.63, 3.8) is 0 Å². The number of aromatic nitrogens is 2. The fourth-order valence-electron chi connectivity index (χ4n) is 2.93. The maximum atomic E-state index is 14.7. The van der Waals surface area contributed by atoms with Crippen LogP contribution >= 0.6 is 0 Å². The number of carbonyl (C=O) groups excluding carboxylic acids is 1. The quantitative estimate of drug-likeness (QED) is 0.689. The number of rotatable bonds is 4. The monoisotopic (exact) mass is 381 g/mol. The van der Waals surface area contributed by atoms with Gasteiger partial charge in [-0.3, -0.25) is 9.48 Å². The van der Waals surface area contributed by atoms with E-state index in [9.17, 15) is 26.7 Å². The van der Waals surface area contributed by atoms with E-state index in [1.165, 1.54) is 31.3 Å². The van der Waals surface area contributed by atoms with Gasteiger partial charge in [0.2, 0.25) is 0 Å². The lowest BCUT2D eigenvalue weighted by atomic mass is 9.94. The molecule has 140 valence electrons. The van der Waals surface area contributed by atoms with Gasteiger partial charge in [-0.1, -0.05) is 24.3 Å². The molecular weight excluding hydrogens is 369 g/mol. The summed E-state index contributed by atoms with van der Waals surface area (Å²) in [6.07, 6.45) is -3.14. The Morgan fingerprint density at radius 1 is 1.04 bits per heavy atom. The summed E-state index contributed by atoms with van der Waals surface area (Å²) in [6.45, 7) is 0. The number of hydrogen-bond acceptors (Lipinski definition) is 2. The number of nitrogens with zero attached hydrogens (tertiary/aromatic N) is 2. The number of primary amides is 1. The highest BCUT2D eigenvalue weighted by Crippen LogP contribution is 2.39. The molecule has 0 fully saturated rings. The molecule has 1 amide bonds. The summed E-state index contributed by atoms with van der Waals surface area (Å²) in [5.41, 5.74) is 2.42. The largest absolute Gasteiger partial charge is 0.365 e. The van der Waals surface area contributed by atoms with Gasteiger partial charge in [-0.2, -0.15) is 5.10 Å². The van der Waals surface area contributed by atoms with Crippen molar-refractivity contribution >= 4 is 5.91 Å². The average molecular weight is 381 g/mol. The fourth-order valence-corrected chi connectivity index (χ4v) is 2.93. The standard InChI is InChI=1S/C18H12F5N3O/c1-26-16(13(18(24)27)15(25-26)17(22)23)12-8(4-2-6-10(12)19)9-5-3-7-11(20)14(9)21/h2-7,17H,1H3,(H2,24,27). The predicted molar refractivity (Wildman–Crippen MR) is 87.4 cm³/mol. The maximum absolute atomic E-state index is 14.7. The molecule has 0 bridgehead atoms. The molecule has 2 aromatic carbocycles. The van der Waals surface area contributed by atoms with Gasteiger partial charge in [0.15, 0.2) is 11.6 Å². The smallest absolute Gasteiger partial charge is 0.282 e. The highest BCUT2D eigenvalue weighted by Gasteiger charge is 2.30. The van der Waals surface area contributed by atoms with Crippen LogP contribution in [0.1, 0.15) is 22.5 Å². The third-order valence-electron chi connectivity index (χ3n) is 4.02. The van der Waals surface area contributed by atoms with Crippen LogP contribution in [0, 0.1) is 17.5 Å². The van der Waals surface area contributed by atoms with Crippen molar-refractivity contribution < 1.29 is 26.7 Å². The second-order valence-corrected chi connectivity index (χ2v) is 5.66. The number of halogens is 5. The average Bonchev–Trinajstić information content (AvgIpc) is 2.95. The molecule has 3 aromatic rings. The van der Waals surface area contributed by atoms with Crippen LogP contribution in [0.4, 0.5) is 22.0 Å². The SMILES string of the molecule is Cn1nc(C(F)F)c(C(N)=O)c1-c1c(F)cccc1-c1cccc(F)c1F. The van der Waals surface area contributed by atoms with Gasteiger partial charge in [-0.15, -0.1) is 0 Å². The minimum absolute atomic E-state index is 0.140. The molecule has 0 aliphatic carbocycles. The van der Waals surface area contributed by atoms with Crippen LogP contribution in [0.15, 0.2) is 36.4 Å². The van der Waals surface area contributed by atoms with Crippen molar-refractivity contribution in [1.29, 1.82) is 0 Å². The Morgan fingerprint density at radius 2 is 1.63 bits per heavy atom. The zero-order valence-electron chi connectivity index (χ0n) is 13.8. The summed E-state index contributed by atoms with van der Waals surface area (Å²) in [5, 5.41) is 3.55. The van der Waals surface area contributed by atoms with Crippen molar-refractivity contribution in [2.24, 2.45) is 12.8 Å². The van der Waals surface area contributed by atoms with E-state index >= 15 is 0 Å². The first-order valence-electron chi connectivity index (χ1n) is 7.62. The lowest BCUT2D eigenvalue weighted by Gasteiger charge is -2.13. The Balaban J connectivity index is 2.41. The Bertz CT molecular complexity index is 1050. The fraction of sp³-hybridized carbons (Fsp3) is 0.111. The number of nitrogens with two attached hydrogens (primary N) is 1. The van der Waals surface area contributed by atoms with Gasteiger partial charge in [0.1, 0.15) is 11.5 Å². The molecule has 0 spiro atoms.